The number of anilines is 1. The molecule has 4 aromatic carbocycles. The highest BCUT2D eigenvalue weighted by atomic mass is 32.2. The third-order valence-corrected chi connectivity index (χ3v) is 7.94. The Morgan fingerprint density at radius 2 is 1.41 bits per heavy atom. The third kappa shape index (κ3) is 8.87. The predicted molar refractivity (Wildman–Crippen MR) is 163 cm³/mol. The van der Waals surface area contributed by atoms with Crippen LogP contribution in [0.5, 0.6) is 5.75 Å². The van der Waals surface area contributed by atoms with Crippen molar-refractivity contribution in [3.63, 3.8) is 0 Å². The number of rotatable bonds is 13. The Bertz CT molecular complexity index is 1650. The molecule has 11 heteroatoms. The van der Waals surface area contributed by atoms with Crippen LogP contribution in [0.25, 0.3) is 0 Å². The fourth-order valence-electron chi connectivity index (χ4n) is 4.29. The summed E-state index contributed by atoms with van der Waals surface area (Å²) in [5, 5.41) is 2.91. The highest BCUT2D eigenvalue weighted by Crippen LogP contribution is 2.25. The van der Waals surface area contributed by atoms with E-state index in [2.05, 4.69) is 10.0 Å². The standard InChI is InChI=1S/C33H33F2N3O5S/c1-23(2)20-36-33(40)32(25-6-4-3-5-7-25)38(21-24-8-10-26(34)11-9-24)31(39)22-43-29-16-18-30(19-17-29)44(41,42)37-28-14-12-27(35)13-15-28/h3-19,23,32,37H,20-22H2,1-2H3,(H,36,40). The Morgan fingerprint density at radius 1 is 0.818 bits per heavy atom. The van der Waals surface area contributed by atoms with Gasteiger partial charge in [0.1, 0.15) is 23.4 Å². The molecule has 0 saturated heterocycles. The van der Waals surface area contributed by atoms with Crippen LogP contribution in [0, 0.1) is 17.6 Å². The summed E-state index contributed by atoms with van der Waals surface area (Å²) < 4.78 is 60.4. The molecule has 0 spiro atoms. The molecule has 0 aliphatic carbocycles. The molecule has 2 N–H and O–H groups in total. The molecule has 0 saturated carbocycles. The maximum absolute atomic E-state index is 13.7. The molecule has 0 aromatic heterocycles. The number of carbonyl (C=O) groups excluding carboxylic acids is 2. The van der Waals surface area contributed by atoms with E-state index in [1.54, 1.807) is 42.5 Å². The third-order valence-electron chi connectivity index (χ3n) is 6.54. The van der Waals surface area contributed by atoms with E-state index in [9.17, 15) is 26.8 Å². The Balaban J connectivity index is 1.54. The maximum atomic E-state index is 13.7. The van der Waals surface area contributed by atoms with Crippen LogP contribution in [0.2, 0.25) is 0 Å². The second-order valence-corrected chi connectivity index (χ2v) is 12.2. The average Bonchev–Trinajstić information content (AvgIpc) is 3.01. The zero-order chi connectivity index (χ0) is 31.7. The summed E-state index contributed by atoms with van der Waals surface area (Å²) in [5.74, 6) is -1.41. The Kier molecular flexibility index (Phi) is 10.7. The van der Waals surface area contributed by atoms with Crippen molar-refractivity contribution in [1.29, 1.82) is 0 Å². The van der Waals surface area contributed by atoms with Gasteiger partial charge >= 0.3 is 0 Å². The van der Waals surface area contributed by atoms with Crippen molar-refractivity contribution in [3.05, 3.63) is 126 Å². The van der Waals surface area contributed by atoms with E-state index in [4.69, 9.17) is 4.74 Å². The van der Waals surface area contributed by atoms with Gasteiger partial charge in [-0.1, -0.05) is 56.3 Å². The predicted octanol–water partition coefficient (Wildman–Crippen LogP) is 5.69. The zero-order valence-corrected chi connectivity index (χ0v) is 25.1. The van der Waals surface area contributed by atoms with E-state index >= 15 is 0 Å². The van der Waals surface area contributed by atoms with Crippen molar-refractivity contribution in [1.82, 2.24) is 10.2 Å². The SMILES string of the molecule is CC(C)CNC(=O)C(c1ccccc1)N(Cc1ccc(F)cc1)C(=O)COc1ccc(S(=O)(=O)Nc2ccc(F)cc2)cc1. The zero-order valence-electron chi connectivity index (χ0n) is 24.2. The normalized spacial score (nSPS) is 11.9. The molecule has 44 heavy (non-hydrogen) atoms. The second kappa shape index (κ2) is 14.6. The number of sulfonamides is 1. The number of benzene rings is 4. The smallest absolute Gasteiger partial charge is 0.261 e. The summed E-state index contributed by atoms with van der Waals surface area (Å²) in [6.45, 7) is 3.87. The van der Waals surface area contributed by atoms with Crippen LogP contribution in [-0.4, -0.2) is 38.3 Å². The van der Waals surface area contributed by atoms with Gasteiger partial charge in [-0.25, -0.2) is 17.2 Å². The van der Waals surface area contributed by atoms with Crippen LogP contribution in [0.3, 0.4) is 0 Å². The van der Waals surface area contributed by atoms with Crippen LogP contribution in [-0.2, 0) is 26.2 Å². The van der Waals surface area contributed by atoms with Gasteiger partial charge in [0.25, 0.3) is 15.9 Å². The van der Waals surface area contributed by atoms with Gasteiger partial charge in [-0.05, 0) is 77.7 Å². The molecule has 0 radical (unpaired) electrons. The van der Waals surface area contributed by atoms with E-state index < -0.39 is 40.2 Å². The quantitative estimate of drug-likeness (QED) is 0.200. The van der Waals surface area contributed by atoms with Crippen LogP contribution in [0.4, 0.5) is 14.5 Å². The fourth-order valence-corrected chi connectivity index (χ4v) is 5.35. The fraction of sp³-hybridized carbons (Fsp3) is 0.212. The molecule has 0 aliphatic heterocycles. The summed E-state index contributed by atoms with van der Waals surface area (Å²) in [6, 6.07) is 23.8. The monoisotopic (exact) mass is 621 g/mol. The first kappa shape index (κ1) is 32.2. The minimum atomic E-state index is -3.96. The van der Waals surface area contributed by atoms with Crippen molar-refractivity contribution in [2.24, 2.45) is 5.92 Å². The highest BCUT2D eigenvalue weighted by molar-refractivity contribution is 7.92. The van der Waals surface area contributed by atoms with Crippen molar-refractivity contribution >= 4 is 27.5 Å². The molecule has 1 unspecified atom stereocenters. The van der Waals surface area contributed by atoms with Crippen LogP contribution < -0.4 is 14.8 Å². The molecule has 4 rings (SSSR count). The first-order chi connectivity index (χ1) is 21.0. The number of amides is 2. The average molecular weight is 622 g/mol. The lowest BCUT2D eigenvalue weighted by atomic mass is 10.0. The van der Waals surface area contributed by atoms with Gasteiger partial charge in [-0.3, -0.25) is 14.3 Å². The summed E-state index contributed by atoms with van der Waals surface area (Å²) in [6.07, 6.45) is 0. The summed E-state index contributed by atoms with van der Waals surface area (Å²) in [5.41, 5.74) is 1.40. The van der Waals surface area contributed by atoms with E-state index in [0.29, 0.717) is 17.7 Å². The molecule has 8 nitrogen and oxygen atoms in total. The summed E-state index contributed by atoms with van der Waals surface area (Å²) in [4.78, 5) is 28.5. The van der Waals surface area contributed by atoms with Crippen molar-refractivity contribution < 1.29 is 31.5 Å². The van der Waals surface area contributed by atoms with Crippen LogP contribution in [0.1, 0.15) is 31.0 Å². The van der Waals surface area contributed by atoms with Gasteiger partial charge in [0, 0.05) is 18.8 Å². The molecular formula is C33H33F2N3O5S. The molecule has 1 atom stereocenters. The first-order valence-electron chi connectivity index (χ1n) is 13.9. The van der Waals surface area contributed by atoms with Gasteiger partial charge in [0.2, 0.25) is 5.91 Å². The number of nitrogens with one attached hydrogen (secondary N) is 2. The number of hydrogen-bond donors (Lipinski definition) is 2. The minimum absolute atomic E-state index is 0.00334. The second-order valence-electron chi connectivity index (χ2n) is 10.5. The van der Waals surface area contributed by atoms with Crippen molar-refractivity contribution in [3.8, 4) is 5.75 Å². The molecule has 0 aliphatic rings. The van der Waals surface area contributed by atoms with E-state index in [-0.39, 0.29) is 34.7 Å². The van der Waals surface area contributed by atoms with Crippen molar-refractivity contribution in [2.75, 3.05) is 17.9 Å². The van der Waals surface area contributed by atoms with E-state index in [1.165, 1.54) is 53.4 Å². The van der Waals surface area contributed by atoms with Gasteiger partial charge in [-0.15, -0.1) is 0 Å². The van der Waals surface area contributed by atoms with Gasteiger partial charge in [-0.2, -0.15) is 0 Å². The Hall–Kier alpha value is -4.77. The molecule has 0 bridgehead atoms. The lowest BCUT2D eigenvalue weighted by molar-refractivity contribution is -0.143. The maximum Gasteiger partial charge on any atom is 0.261 e. The summed E-state index contributed by atoms with van der Waals surface area (Å²) in [7, 11) is -3.96. The molecule has 230 valence electrons. The number of carbonyl (C=O) groups is 2. The molecule has 4 aromatic rings. The lowest BCUT2D eigenvalue weighted by Crippen LogP contribution is -2.45. The van der Waals surface area contributed by atoms with Crippen molar-refractivity contribution in [2.45, 2.75) is 31.3 Å². The van der Waals surface area contributed by atoms with E-state index in [0.717, 1.165) is 12.1 Å². The highest BCUT2D eigenvalue weighted by Gasteiger charge is 2.32. The van der Waals surface area contributed by atoms with Crippen LogP contribution in [0.15, 0.2) is 108 Å². The van der Waals surface area contributed by atoms with Gasteiger partial charge in [0.05, 0.1) is 4.90 Å². The number of hydrogen-bond acceptors (Lipinski definition) is 5. The number of nitrogens with zero attached hydrogens (tertiary/aromatic N) is 1. The number of halogens is 2. The molecule has 2 amide bonds. The Morgan fingerprint density at radius 3 is 2.00 bits per heavy atom. The molecular weight excluding hydrogens is 588 g/mol. The lowest BCUT2D eigenvalue weighted by Gasteiger charge is -2.32. The number of ether oxygens (including phenoxy) is 1. The van der Waals surface area contributed by atoms with Gasteiger partial charge < -0.3 is 15.0 Å². The molecule has 0 heterocycles. The summed E-state index contributed by atoms with van der Waals surface area (Å²) >= 11 is 0. The topological polar surface area (TPSA) is 105 Å². The van der Waals surface area contributed by atoms with E-state index in [1.807, 2.05) is 13.8 Å². The van der Waals surface area contributed by atoms with Gasteiger partial charge in [0.15, 0.2) is 6.61 Å². The first-order valence-corrected chi connectivity index (χ1v) is 15.4. The largest absolute Gasteiger partial charge is 0.484 e. The minimum Gasteiger partial charge on any atom is -0.484 e. The molecule has 0 fully saturated rings. The Labute approximate surface area is 255 Å². The van der Waals surface area contributed by atoms with Crippen LogP contribution >= 0.6 is 0 Å².